The number of halogens is 3. The minimum atomic E-state index is -3.78. The molecule has 2 N–H and O–H groups in total. The van der Waals surface area contributed by atoms with E-state index in [1.54, 1.807) is 0 Å². The van der Waals surface area contributed by atoms with E-state index in [9.17, 15) is 12.8 Å². The summed E-state index contributed by atoms with van der Waals surface area (Å²) in [7, 11) is -3.78. The molecule has 0 fully saturated rings. The lowest BCUT2D eigenvalue weighted by molar-refractivity contribution is 0.587. The monoisotopic (exact) mass is 377 g/mol. The van der Waals surface area contributed by atoms with Crippen LogP contribution in [0.4, 0.5) is 10.1 Å². The van der Waals surface area contributed by atoms with Gasteiger partial charge in [0.1, 0.15) is 5.82 Å². The van der Waals surface area contributed by atoms with Crippen molar-refractivity contribution in [3.8, 4) is 0 Å². The summed E-state index contributed by atoms with van der Waals surface area (Å²) in [6.45, 7) is 0. The summed E-state index contributed by atoms with van der Waals surface area (Å²) in [6.07, 6.45) is 0. The minimum Gasteiger partial charge on any atom is -0.398 e. The summed E-state index contributed by atoms with van der Waals surface area (Å²) >= 11 is 8.96. The molecule has 2 aromatic carbocycles. The van der Waals surface area contributed by atoms with Crippen molar-refractivity contribution in [3.05, 3.63) is 57.3 Å². The highest BCUT2D eigenvalue weighted by Gasteiger charge is 2.21. The fourth-order valence-corrected chi connectivity index (χ4v) is 3.88. The second-order valence-electron chi connectivity index (χ2n) is 4.18. The molecule has 0 saturated carbocycles. The molecule has 0 spiro atoms. The Morgan fingerprint density at radius 3 is 2.60 bits per heavy atom. The molecular formula is C13H10BrClFNO2S. The van der Waals surface area contributed by atoms with Gasteiger partial charge in [-0.25, -0.2) is 12.8 Å². The maximum Gasteiger partial charge on any atom is 0.184 e. The maximum absolute atomic E-state index is 13.7. The van der Waals surface area contributed by atoms with Gasteiger partial charge in [-0.2, -0.15) is 0 Å². The molecule has 2 aromatic rings. The van der Waals surface area contributed by atoms with Gasteiger partial charge in [-0.15, -0.1) is 0 Å². The van der Waals surface area contributed by atoms with Crippen LogP contribution in [0.25, 0.3) is 0 Å². The van der Waals surface area contributed by atoms with Crippen molar-refractivity contribution < 1.29 is 12.8 Å². The van der Waals surface area contributed by atoms with Crippen LogP contribution < -0.4 is 5.73 Å². The molecule has 0 aromatic heterocycles. The molecule has 0 atom stereocenters. The second-order valence-corrected chi connectivity index (χ2v) is 7.49. The zero-order chi connectivity index (χ0) is 14.9. The van der Waals surface area contributed by atoms with Crippen molar-refractivity contribution in [1.82, 2.24) is 0 Å². The zero-order valence-corrected chi connectivity index (χ0v) is 13.3. The van der Waals surface area contributed by atoms with Gasteiger partial charge >= 0.3 is 0 Å². The van der Waals surface area contributed by atoms with E-state index < -0.39 is 21.4 Å². The summed E-state index contributed by atoms with van der Waals surface area (Å²) in [4.78, 5) is -0.0932. The first-order valence-corrected chi connectivity index (χ1v) is 8.33. The molecular weight excluding hydrogens is 369 g/mol. The zero-order valence-electron chi connectivity index (χ0n) is 10.1. The normalized spacial score (nSPS) is 11.6. The van der Waals surface area contributed by atoms with Crippen LogP contribution in [0.15, 0.2) is 45.8 Å². The van der Waals surface area contributed by atoms with Crippen molar-refractivity contribution in [1.29, 1.82) is 0 Å². The topological polar surface area (TPSA) is 60.2 Å². The first-order valence-electron chi connectivity index (χ1n) is 5.51. The Kier molecular flexibility index (Phi) is 4.36. The lowest BCUT2D eigenvalue weighted by atomic mass is 10.2. The fraction of sp³-hybridized carbons (Fsp3) is 0.0769. The van der Waals surface area contributed by atoms with E-state index in [0.29, 0.717) is 4.47 Å². The van der Waals surface area contributed by atoms with Crippen LogP contribution in [0.1, 0.15) is 5.56 Å². The van der Waals surface area contributed by atoms with E-state index in [0.717, 1.165) is 0 Å². The van der Waals surface area contributed by atoms with Gasteiger partial charge in [0, 0.05) is 15.1 Å². The third-order valence-corrected chi connectivity index (χ3v) is 5.11. The number of hydrogen-bond donors (Lipinski definition) is 1. The molecule has 0 radical (unpaired) electrons. The van der Waals surface area contributed by atoms with Gasteiger partial charge in [-0.1, -0.05) is 27.5 Å². The first kappa shape index (κ1) is 15.3. The van der Waals surface area contributed by atoms with Crippen molar-refractivity contribution in [3.63, 3.8) is 0 Å². The van der Waals surface area contributed by atoms with E-state index >= 15 is 0 Å². The molecule has 0 saturated heterocycles. The Labute approximate surface area is 129 Å². The number of nitrogens with two attached hydrogens (primary N) is 1. The van der Waals surface area contributed by atoms with Gasteiger partial charge in [0.15, 0.2) is 9.84 Å². The van der Waals surface area contributed by atoms with Crippen LogP contribution in [0.5, 0.6) is 0 Å². The van der Waals surface area contributed by atoms with Crippen LogP contribution in [-0.4, -0.2) is 8.42 Å². The lowest BCUT2D eigenvalue weighted by Gasteiger charge is -2.09. The fourth-order valence-electron chi connectivity index (χ4n) is 1.71. The summed E-state index contributed by atoms with van der Waals surface area (Å²) in [5, 5.41) is 0.257. The highest BCUT2D eigenvalue weighted by Crippen LogP contribution is 2.27. The average molecular weight is 379 g/mol. The predicted octanol–water partition coefficient (Wildman–Crippen LogP) is 3.80. The minimum absolute atomic E-state index is 0.0683. The van der Waals surface area contributed by atoms with Crippen LogP contribution in [0, 0.1) is 5.82 Å². The van der Waals surface area contributed by atoms with Crippen LogP contribution in [-0.2, 0) is 15.6 Å². The molecule has 0 heterocycles. The molecule has 0 unspecified atom stereocenters. The summed E-state index contributed by atoms with van der Waals surface area (Å²) in [5.74, 6) is -1.07. The van der Waals surface area contributed by atoms with Crippen LogP contribution in [0.3, 0.4) is 0 Å². The Balaban J connectivity index is 2.46. The summed E-state index contributed by atoms with van der Waals surface area (Å²) in [6, 6.07) is 8.30. The Morgan fingerprint density at radius 2 is 1.90 bits per heavy atom. The van der Waals surface area contributed by atoms with Gasteiger partial charge in [-0.3, -0.25) is 0 Å². The van der Waals surface area contributed by atoms with Gasteiger partial charge in [-0.05, 0) is 36.4 Å². The third-order valence-electron chi connectivity index (χ3n) is 2.66. The largest absolute Gasteiger partial charge is 0.398 e. The second kappa shape index (κ2) is 5.71. The van der Waals surface area contributed by atoms with Crippen molar-refractivity contribution in [2.75, 3.05) is 5.73 Å². The van der Waals surface area contributed by atoms with Crippen LogP contribution >= 0.6 is 27.5 Å². The van der Waals surface area contributed by atoms with Crippen molar-refractivity contribution in [2.24, 2.45) is 0 Å². The van der Waals surface area contributed by atoms with Crippen molar-refractivity contribution >= 4 is 43.1 Å². The lowest BCUT2D eigenvalue weighted by Crippen LogP contribution is -2.09. The molecule has 0 bridgehead atoms. The SMILES string of the molecule is Nc1ccc(Cl)cc1S(=O)(=O)Cc1cc(Br)ccc1F. The van der Waals surface area contributed by atoms with Gasteiger partial charge in [0.05, 0.1) is 16.3 Å². The number of anilines is 1. The van der Waals surface area contributed by atoms with Gasteiger partial charge in [0.25, 0.3) is 0 Å². The third kappa shape index (κ3) is 3.31. The Bertz CT molecular complexity index is 765. The number of rotatable bonds is 3. The van der Waals surface area contributed by atoms with E-state index in [-0.39, 0.29) is 21.2 Å². The highest BCUT2D eigenvalue weighted by atomic mass is 79.9. The standard InChI is InChI=1S/C13H10BrClFNO2S/c14-9-1-3-11(16)8(5-9)7-20(18,19)13-6-10(15)2-4-12(13)17/h1-6H,7,17H2. The molecule has 106 valence electrons. The van der Waals surface area contributed by atoms with Crippen molar-refractivity contribution in [2.45, 2.75) is 10.6 Å². The number of nitrogen functional groups attached to an aromatic ring is 1. The molecule has 2 rings (SSSR count). The molecule has 3 nitrogen and oxygen atoms in total. The maximum atomic E-state index is 13.7. The quantitative estimate of drug-likeness (QED) is 0.827. The molecule has 20 heavy (non-hydrogen) atoms. The summed E-state index contributed by atoms with van der Waals surface area (Å²) < 4.78 is 38.9. The Hall–Kier alpha value is -1.11. The number of benzene rings is 2. The van der Waals surface area contributed by atoms with E-state index in [1.807, 2.05) is 0 Å². The predicted molar refractivity (Wildman–Crippen MR) is 80.9 cm³/mol. The Morgan fingerprint density at radius 1 is 1.20 bits per heavy atom. The van der Waals surface area contributed by atoms with E-state index in [2.05, 4.69) is 15.9 Å². The van der Waals surface area contributed by atoms with E-state index in [4.69, 9.17) is 17.3 Å². The molecule has 0 amide bonds. The van der Waals surface area contributed by atoms with Gasteiger partial charge < -0.3 is 5.73 Å². The molecule has 0 aliphatic rings. The number of hydrogen-bond acceptors (Lipinski definition) is 3. The smallest absolute Gasteiger partial charge is 0.184 e. The summed E-state index contributed by atoms with van der Waals surface area (Å²) in [5.41, 5.74) is 5.81. The van der Waals surface area contributed by atoms with Gasteiger partial charge in [0.2, 0.25) is 0 Å². The number of sulfone groups is 1. The van der Waals surface area contributed by atoms with E-state index in [1.165, 1.54) is 36.4 Å². The highest BCUT2D eigenvalue weighted by molar-refractivity contribution is 9.10. The van der Waals surface area contributed by atoms with Crippen LogP contribution in [0.2, 0.25) is 5.02 Å². The molecule has 0 aliphatic heterocycles. The average Bonchev–Trinajstić information content (AvgIpc) is 2.36. The molecule has 0 aliphatic carbocycles. The molecule has 7 heteroatoms. The first-order chi connectivity index (χ1) is 9.29.